The molecule has 7 nitrogen and oxygen atoms in total. The highest BCUT2D eigenvalue weighted by molar-refractivity contribution is 7.89. The topological polar surface area (TPSA) is 75.5 Å². The summed E-state index contributed by atoms with van der Waals surface area (Å²) in [5, 5.41) is 4.50. The molecule has 4 rings (SSSR count). The molecule has 0 unspecified atom stereocenters. The summed E-state index contributed by atoms with van der Waals surface area (Å²) >= 11 is 0. The molecule has 1 aliphatic rings. The number of benzene rings is 2. The number of hydrogen-bond acceptors (Lipinski definition) is 5. The Bertz CT molecular complexity index is 1240. The van der Waals surface area contributed by atoms with Crippen LogP contribution in [0.1, 0.15) is 12.0 Å². The zero-order valence-corrected chi connectivity index (χ0v) is 17.9. The van der Waals surface area contributed by atoms with Crippen molar-refractivity contribution < 1.29 is 12.8 Å². The number of halogens is 1. The number of aromatic nitrogens is 2. The van der Waals surface area contributed by atoms with Crippen LogP contribution >= 0.6 is 0 Å². The van der Waals surface area contributed by atoms with Gasteiger partial charge in [0.15, 0.2) is 0 Å². The van der Waals surface area contributed by atoms with Crippen molar-refractivity contribution in [1.82, 2.24) is 14.1 Å². The minimum absolute atomic E-state index is 0.196. The molecule has 2 aromatic carbocycles. The zero-order chi connectivity index (χ0) is 22.0. The van der Waals surface area contributed by atoms with Crippen molar-refractivity contribution in [3.8, 4) is 5.69 Å². The average Bonchev–Trinajstić information content (AvgIpc) is 3.02. The SMILES string of the molecule is Cc1ccc(-n2nc(N3CCCN(S(=O)(=O)c4ccccc4F)CC3)ccc2=O)cc1. The number of anilines is 1. The van der Waals surface area contributed by atoms with E-state index in [-0.39, 0.29) is 23.5 Å². The Morgan fingerprint density at radius 2 is 1.65 bits per heavy atom. The summed E-state index contributed by atoms with van der Waals surface area (Å²) in [6, 6.07) is 16.0. The molecule has 1 aromatic heterocycles. The molecule has 0 N–H and O–H groups in total. The molecule has 3 aromatic rings. The molecule has 0 bridgehead atoms. The Kier molecular flexibility index (Phi) is 5.88. The lowest BCUT2D eigenvalue weighted by Crippen LogP contribution is -2.36. The van der Waals surface area contributed by atoms with E-state index in [1.807, 2.05) is 36.1 Å². The van der Waals surface area contributed by atoms with Crippen LogP contribution in [0.3, 0.4) is 0 Å². The lowest BCUT2D eigenvalue weighted by molar-refractivity contribution is 0.428. The molecule has 0 spiro atoms. The molecule has 31 heavy (non-hydrogen) atoms. The summed E-state index contributed by atoms with van der Waals surface area (Å²) in [5.41, 5.74) is 1.50. The summed E-state index contributed by atoms with van der Waals surface area (Å²) < 4.78 is 42.6. The second-order valence-corrected chi connectivity index (χ2v) is 9.36. The van der Waals surface area contributed by atoms with E-state index in [2.05, 4.69) is 5.10 Å². The van der Waals surface area contributed by atoms with Crippen LogP contribution in [0.4, 0.5) is 10.2 Å². The summed E-state index contributed by atoms with van der Waals surface area (Å²) in [7, 11) is -3.93. The van der Waals surface area contributed by atoms with Gasteiger partial charge in [0.05, 0.1) is 5.69 Å². The molecular formula is C22H23FN4O3S. The summed E-state index contributed by atoms with van der Waals surface area (Å²) in [6.45, 7) is 3.40. The van der Waals surface area contributed by atoms with E-state index in [1.165, 1.54) is 33.3 Å². The highest BCUT2D eigenvalue weighted by Gasteiger charge is 2.29. The van der Waals surface area contributed by atoms with E-state index < -0.39 is 15.8 Å². The van der Waals surface area contributed by atoms with Crippen LogP contribution in [-0.2, 0) is 10.0 Å². The number of rotatable bonds is 4. The van der Waals surface area contributed by atoms with Crippen molar-refractivity contribution in [2.45, 2.75) is 18.2 Å². The monoisotopic (exact) mass is 442 g/mol. The smallest absolute Gasteiger partial charge is 0.271 e. The van der Waals surface area contributed by atoms with Gasteiger partial charge in [-0.1, -0.05) is 29.8 Å². The van der Waals surface area contributed by atoms with Gasteiger partial charge in [0.25, 0.3) is 5.56 Å². The largest absolute Gasteiger partial charge is 0.354 e. The van der Waals surface area contributed by atoms with Gasteiger partial charge in [0.2, 0.25) is 10.0 Å². The van der Waals surface area contributed by atoms with Crippen molar-refractivity contribution in [3.05, 3.63) is 82.4 Å². The van der Waals surface area contributed by atoms with Crippen LogP contribution in [0.25, 0.3) is 5.69 Å². The van der Waals surface area contributed by atoms with E-state index in [9.17, 15) is 17.6 Å². The van der Waals surface area contributed by atoms with Crippen LogP contribution < -0.4 is 10.5 Å². The number of aryl methyl sites for hydroxylation is 1. The van der Waals surface area contributed by atoms with Gasteiger partial charge in [-0.25, -0.2) is 12.8 Å². The minimum atomic E-state index is -3.93. The minimum Gasteiger partial charge on any atom is -0.354 e. The fourth-order valence-corrected chi connectivity index (χ4v) is 5.13. The van der Waals surface area contributed by atoms with Gasteiger partial charge in [0, 0.05) is 32.2 Å². The van der Waals surface area contributed by atoms with E-state index in [0.717, 1.165) is 11.6 Å². The number of nitrogens with zero attached hydrogens (tertiary/aromatic N) is 4. The second kappa shape index (κ2) is 8.60. The normalized spacial score (nSPS) is 15.6. The van der Waals surface area contributed by atoms with E-state index in [0.29, 0.717) is 31.0 Å². The van der Waals surface area contributed by atoms with Crippen LogP contribution in [0.5, 0.6) is 0 Å². The van der Waals surface area contributed by atoms with Gasteiger partial charge in [-0.05, 0) is 43.7 Å². The average molecular weight is 443 g/mol. The van der Waals surface area contributed by atoms with Gasteiger partial charge in [0.1, 0.15) is 16.5 Å². The Hall–Kier alpha value is -3.04. The first-order valence-electron chi connectivity index (χ1n) is 10.0. The van der Waals surface area contributed by atoms with Gasteiger partial charge < -0.3 is 4.90 Å². The molecule has 1 saturated heterocycles. The fraction of sp³-hybridized carbons (Fsp3) is 0.273. The maximum atomic E-state index is 14.1. The van der Waals surface area contributed by atoms with Gasteiger partial charge in [-0.3, -0.25) is 4.79 Å². The number of hydrogen-bond donors (Lipinski definition) is 0. The van der Waals surface area contributed by atoms with E-state index in [4.69, 9.17) is 0 Å². The summed E-state index contributed by atoms with van der Waals surface area (Å²) in [4.78, 5) is 14.0. The van der Waals surface area contributed by atoms with Crippen molar-refractivity contribution in [2.24, 2.45) is 0 Å². The van der Waals surface area contributed by atoms with Crippen LogP contribution in [-0.4, -0.2) is 48.7 Å². The van der Waals surface area contributed by atoms with Crippen molar-refractivity contribution in [2.75, 3.05) is 31.1 Å². The fourth-order valence-electron chi connectivity index (χ4n) is 3.60. The Labute approximate surface area is 180 Å². The molecule has 1 aliphatic heterocycles. The molecule has 0 radical (unpaired) electrons. The lowest BCUT2D eigenvalue weighted by Gasteiger charge is -2.23. The van der Waals surface area contributed by atoms with E-state index in [1.54, 1.807) is 6.07 Å². The molecular weight excluding hydrogens is 419 g/mol. The number of sulfonamides is 1. The quantitative estimate of drug-likeness (QED) is 0.621. The first-order chi connectivity index (χ1) is 14.9. The van der Waals surface area contributed by atoms with E-state index >= 15 is 0 Å². The molecule has 0 saturated carbocycles. The highest BCUT2D eigenvalue weighted by Crippen LogP contribution is 2.22. The molecule has 162 valence electrons. The molecule has 2 heterocycles. The molecule has 0 amide bonds. The van der Waals surface area contributed by atoms with Crippen molar-refractivity contribution >= 4 is 15.8 Å². The predicted octanol–water partition coefficient (Wildman–Crippen LogP) is 2.58. The standard InChI is InChI=1S/C22H23FN4O3S/c1-17-7-9-18(10-8-17)27-22(28)12-11-21(24-27)25-13-4-14-26(16-15-25)31(29,30)20-6-3-2-5-19(20)23/h2-3,5-12H,4,13-16H2,1H3. The third kappa shape index (κ3) is 4.38. The summed E-state index contributed by atoms with van der Waals surface area (Å²) in [6.07, 6.45) is 0.555. The van der Waals surface area contributed by atoms with Gasteiger partial charge in [-0.15, -0.1) is 5.10 Å². The molecule has 0 aliphatic carbocycles. The predicted molar refractivity (Wildman–Crippen MR) is 117 cm³/mol. The van der Waals surface area contributed by atoms with Crippen molar-refractivity contribution in [3.63, 3.8) is 0 Å². The molecule has 9 heteroatoms. The first kappa shape index (κ1) is 21.2. The maximum Gasteiger partial charge on any atom is 0.271 e. The Balaban J connectivity index is 1.57. The Morgan fingerprint density at radius 3 is 2.39 bits per heavy atom. The van der Waals surface area contributed by atoms with Crippen LogP contribution in [0.2, 0.25) is 0 Å². The summed E-state index contributed by atoms with van der Waals surface area (Å²) in [5.74, 6) is -0.166. The second-order valence-electron chi connectivity index (χ2n) is 7.45. The molecule has 0 atom stereocenters. The first-order valence-corrected chi connectivity index (χ1v) is 11.5. The molecule has 1 fully saturated rings. The van der Waals surface area contributed by atoms with Crippen molar-refractivity contribution in [1.29, 1.82) is 0 Å². The third-order valence-corrected chi connectivity index (χ3v) is 7.23. The van der Waals surface area contributed by atoms with Crippen LogP contribution in [0.15, 0.2) is 70.4 Å². The van der Waals surface area contributed by atoms with Crippen LogP contribution in [0, 0.1) is 12.7 Å². The third-order valence-electron chi connectivity index (χ3n) is 5.30. The zero-order valence-electron chi connectivity index (χ0n) is 17.1. The van der Waals surface area contributed by atoms with Gasteiger partial charge >= 0.3 is 0 Å². The highest BCUT2D eigenvalue weighted by atomic mass is 32.2. The lowest BCUT2D eigenvalue weighted by atomic mass is 10.2. The van der Waals surface area contributed by atoms with Gasteiger partial charge in [-0.2, -0.15) is 8.99 Å². The maximum absolute atomic E-state index is 14.1. The Morgan fingerprint density at radius 1 is 0.903 bits per heavy atom.